The average Bonchev–Trinajstić information content (AvgIpc) is 2.45. The molecular weight excluding hydrogens is 368 g/mol. The first-order valence-electron chi connectivity index (χ1n) is 6.37. The first-order valence-corrected chi connectivity index (χ1v) is 9.10. The molecule has 1 aromatic rings. The lowest BCUT2D eigenvalue weighted by atomic mass is 10.3. The summed E-state index contributed by atoms with van der Waals surface area (Å²) in [6.45, 7) is -0.474. The molecule has 1 aromatic carbocycles. The largest absolute Gasteiger partial charge is 0.497 e. The van der Waals surface area contributed by atoms with E-state index in [1.807, 2.05) is 12.1 Å². The lowest BCUT2D eigenvalue weighted by Crippen LogP contribution is -2.25. The topological polar surface area (TPSA) is 174 Å². The highest BCUT2D eigenvalue weighted by Crippen LogP contribution is 2.11. The highest BCUT2D eigenvalue weighted by atomic mass is 32.3. The quantitative estimate of drug-likeness (QED) is 0.243. The first-order chi connectivity index (χ1) is 11.0. The van der Waals surface area contributed by atoms with Gasteiger partial charge in [-0.25, -0.2) is 8.37 Å². The van der Waals surface area contributed by atoms with Crippen LogP contribution in [0.15, 0.2) is 24.3 Å². The number of hydrogen-bond acceptors (Lipinski definition) is 9. The van der Waals surface area contributed by atoms with Crippen LogP contribution in [-0.4, -0.2) is 59.4 Å². The highest BCUT2D eigenvalue weighted by Gasteiger charge is 2.04. The van der Waals surface area contributed by atoms with Crippen LogP contribution in [0.2, 0.25) is 0 Å². The van der Waals surface area contributed by atoms with E-state index in [0.717, 1.165) is 11.4 Å². The molecule has 0 spiro atoms. The van der Waals surface area contributed by atoms with E-state index in [2.05, 4.69) is 13.7 Å². The van der Waals surface area contributed by atoms with E-state index < -0.39 is 20.8 Å². The van der Waals surface area contributed by atoms with Crippen molar-refractivity contribution in [3.63, 3.8) is 0 Å². The van der Waals surface area contributed by atoms with Gasteiger partial charge in [0.15, 0.2) is 0 Å². The fourth-order valence-electron chi connectivity index (χ4n) is 1.17. The minimum absolute atomic E-state index is 0.0641. The van der Waals surface area contributed by atoms with Crippen molar-refractivity contribution < 1.29 is 39.0 Å². The molecule has 0 amide bonds. The molecule has 24 heavy (non-hydrogen) atoms. The predicted octanol–water partition coefficient (Wildman–Crippen LogP) is -0.508. The van der Waals surface area contributed by atoms with Gasteiger partial charge in [0.25, 0.3) is 0 Å². The van der Waals surface area contributed by atoms with Gasteiger partial charge in [-0.15, -0.1) is 0 Å². The lowest BCUT2D eigenvalue weighted by Gasteiger charge is -2.03. The normalized spacial score (nSPS) is 11.5. The molecule has 0 heterocycles. The molecule has 0 aliphatic rings. The maximum atomic E-state index is 10.0. The van der Waals surface area contributed by atoms with Crippen molar-refractivity contribution in [2.45, 2.75) is 0 Å². The average molecular weight is 388 g/mol. The minimum Gasteiger partial charge on any atom is -0.497 e. The van der Waals surface area contributed by atoms with Crippen LogP contribution in [0.3, 0.4) is 0 Å². The standard InChI is InChI=1S/C7H9NO.C4H11NO8S2/c1-9-7-4-2-6(8)3-5-7;6-14(7,8)12-3-1-5-2-4-13-15(9,10)11/h2-5H,8H2,1H3;5H,1-4H2,(H,6,7,8)(H,9,10,11). The van der Waals surface area contributed by atoms with E-state index in [0.29, 0.717) is 0 Å². The van der Waals surface area contributed by atoms with E-state index >= 15 is 0 Å². The minimum atomic E-state index is -4.45. The maximum absolute atomic E-state index is 10.0. The maximum Gasteiger partial charge on any atom is 0.397 e. The van der Waals surface area contributed by atoms with Crippen molar-refractivity contribution in [2.75, 3.05) is 39.1 Å². The molecule has 0 aliphatic carbocycles. The van der Waals surface area contributed by atoms with E-state index in [9.17, 15) is 16.8 Å². The Labute approximate surface area is 140 Å². The predicted molar refractivity (Wildman–Crippen MR) is 85.3 cm³/mol. The molecule has 0 saturated heterocycles. The summed E-state index contributed by atoms with van der Waals surface area (Å²) in [5, 5.41) is 2.53. The summed E-state index contributed by atoms with van der Waals surface area (Å²) in [7, 11) is -7.26. The summed E-state index contributed by atoms with van der Waals surface area (Å²) in [5.41, 5.74) is 6.19. The molecule has 0 fully saturated rings. The molecular formula is C11H20N2O9S2. The van der Waals surface area contributed by atoms with Crippen molar-refractivity contribution in [2.24, 2.45) is 0 Å². The Morgan fingerprint density at radius 1 is 0.958 bits per heavy atom. The smallest absolute Gasteiger partial charge is 0.397 e. The Kier molecular flexibility index (Phi) is 10.5. The van der Waals surface area contributed by atoms with Crippen LogP contribution in [0.25, 0.3) is 0 Å². The van der Waals surface area contributed by atoms with E-state index in [1.54, 1.807) is 19.2 Å². The third-order valence-corrected chi connectivity index (χ3v) is 3.07. The Hall–Kier alpha value is -1.48. The van der Waals surface area contributed by atoms with Crippen LogP contribution in [0.1, 0.15) is 0 Å². The first kappa shape index (κ1) is 22.5. The van der Waals surface area contributed by atoms with Crippen LogP contribution >= 0.6 is 0 Å². The van der Waals surface area contributed by atoms with Gasteiger partial charge < -0.3 is 15.8 Å². The molecule has 0 radical (unpaired) electrons. The number of methoxy groups -OCH3 is 1. The van der Waals surface area contributed by atoms with Crippen LogP contribution in [-0.2, 0) is 29.2 Å². The molecule has 5 N–H and O–H groups in total. The summed E-state index contributed by atoms with van der Waals surface area (Å²) in [6.07, 6.45) is 0. The second-order valence-electron chi connectivity index (χ2n) is 4.02. The Bertz CT molecular complexity index is 623. The zero-order chi connectivity index (χ0) is 18.6. The van der Waals surface area contributed by atoms with Gasteiger partial charge in [0.2, 0.25) is 0 Å². The van der Waals surface area contributed by atoms with E-state index in [-0.39, 0.29) is 26.3 Å². The molecule has 0 unspecified atom stereocenters. The van der Waals surface area contributed by atoms with Gasteiger partial charge in [-0.2, -0.15) is 16.8 Å². The zero-order valence-corrected chi connectivity index (χ0v) is 14.4. The second kappa shape index (κ2) is 11.1. The van der Waals surface area contributed by atoms with E-state index in [1.165, 1.54) is 0 Å². The van der Waals surface area contributed by atoms with Crippen LogP contribution in [0.5, 0.6) is 5.75 Å². The molecule has 11 nitrogen and oxygen atoms in total. The number of anilines is 1. The summed E-state index contributed by atoms with van der Waals surface area (Å²) in [6, 6.07) is 7.27. The molecule has 0 aromatic heterocycles. The number of hydrogen-bond donors (Lipinski definition) is 4. The number of nitrogens with one attached hydrogen (secondary N) is 1. The molecule has 0 atom stereocenters. The fraction of sp³-hybridized carbons (Fsp3) is 0.455. The molecule has 0 saturated carbocycles. The summed E-state index contributed by atoms with van der Waals surface area (Å²) >= 11 is 0. The molecule has 1 rings (SSSR count). The van der Waals surface area contributed by atoms with Crippen molar-refractivity contribution in [3.8, 4) is 5.75 Å². The number of rotatable bonds is 9. The lowest BCUT2D eigenvalue weighted by molar-refractivity contribution is 0.252. The van der Waals surface area contributed by atoms with Gasteiger partial charge in [0.05, 0.1) is 20.3 Å². The van der Waals surface area contributed by atoms with Crippen LogP contribution in [0, 0.1) is 0 Å². The van der Waals surface area contributed by atoms with Gasteiger partial charge in [0.1, 0.15) is 5.75 Å². The number of ether oxygens (including phenoxy) is 1. The van der Waals surface area contributed by atoms with Crippen molar-refractivity contribution in [1.29, 1.82) is 0 Å². The van der Waals surface area contributed by atoms with Gasteiger partial charge in [-0.05, 0) is 24.3 Å². The molecule has 0 aliphatic heterocycles. The monoisotopic (exact) mass is 388 g/mol. The Morgan fingerprint density at radius 3 is 1.71 bits per heavy atom. The van der Waals surface area contributed by atoms with Gasteiger partial charge in [-0.1, -0.05) is 0 Å². The number of benzene rings is 1. The summed E-state index contributed by atoms with van der Waals surface area (Å²) < 4.78 is 69.1. The van der Waals surface area contributed by atoms with Gasteiger partial charge in [0, 0.05) is 18.8 Å². The Morgan fingerprint density at radius 2 is 1.38 bits per heavy atom. The SMILES string of the molecule is COc1ccc(N)cc1.O=S(=O)(O)OCCNCCOS(=O)(=O)O. The van der Waals surface area contributed by atoms with Crippen molar-refractivity contribution >= 4 is 26.5 Å². The third-order valence-electron chi connectivity index (χ3n) is 2.14. The molecule has 140 valence electrons. The van der Waals surface area contributed by atoms with E-state index in [4.69, 9.17) is 19.6 Å². The van der Waals surface area contributed by atoms with Gasteiger partial charge in [-0.3, -0.25) is 9.11 Å². The fourth-order valence-corrected chi connectivity index (χ4v) is 1.76. The molecule has 0 bridgehead atoms. The van der Waals surface area contributed by atoms with Crippen LogP contribution < -0.4 is 15.8 Å². The number of nitrogen functional groups attached to an aromatic ring is 1. The molecule has 13 heteroatoms. The van der Waals surface area contributed by atoms with Crippen molar-refractivity contribution in [3.05, 3.63) is 24.3 Å². The second-order valence-corrected chi connectivity index (χ2v) is 6.20. The zero-order valence-electron chi connectivity index (χ0n) is 12.8. The third kappa shape index (κ3) is 15.4. The summed E-state index contributed by atoms with van der Waals surface area (Å²) in [4.78, 5) is 0. The number of nitrogens with two attached hydrogens (primary N) is 1. The Balaban J connectivity index is 0.000000496. The summed E-state index contributed by atoms with van der Waals surface area (Å²) in [5.74, 6) is 0.837. The van der Waals surface area contributed by atoms with Gasteiger partial charge >= 0.3 is 20.8 Å². The van der Waals surface area contributed by atoms with Crippen molar-refractivity contribution in [1.82, 2.24) is 5.32 Å². The van der Waals surface area contributed by atoms with Crippen LogP contribution in [0.4, 0.5) is 5.69 Å². The highest BCUT2D eigenvalue weighted by molar-refractivity contribution is 7.81.